The molecule has 1 N–H and O–H groups in total. The molecule has 0 saturated heterocycles. The summed E-state index contributed by atoms with van der Waals surface area (Å²) in [6.07, 6.45) is 0. The smallest absolute Gasteiger partial charge is 0.212 e. The van der Waals surface area contributed by atoms with E-state index in [0.717, 1.165) is 11.1 Å². The van der Waals surface area contributed by atoms with E-state index in [2.05, 4.69) is 4.72 Å². The molecule has 0 saturated carbocycles. The molecule has 0 spiro atoms. The molecule has 0 heterocycles. The molecule has 4 heteroatoms. The Kier molecular flexibility index (Phi) is 5.15. The van der Waals surface area contributed by atoms with Gasteiger partial charge in [0.25, 0.3) is 0 Å². The van der Waals surface area contributed by atoms with Gasteiger partial charge in [-0.25, -0.2) is 13.1 Å². The van der Waals surface area contributed by atoms with Crippen molar-refractivity contribution in [2.75, 3.05) is 0 Å². The summed E-state index contributed by atoms with van der Waals surface area (Å²) in [5.41, 5.74) is 1.78. The van der Waals surface area contributed by atoms with Gasteiger partial charge in [-0.15, -0.1) is 0 Å². The third kappa shape index (κ3) is 4.69. The zero-order valence-corrected chi connectivity index (χ0v) is 13.2. The van der Waals surface area contributed by atoms with Gasteiger partial charge in [-0.05, 0) is 17.0 Å². The van der Waals surface area contributed by atoms with Crippen LogP contribution in [-0.4, -0.2) is 8.42 Å². The molecule has 0 aliphatic carbocycles. The van der Waals surface area contributed by atoms with E-state index in [-0.39, 0.29) is 17.7 Å². The Bertz CT molecular complexity index is 652. The topological polar surface area (TPSA) is 46.2 Å². The van der Waals surface area contributed by atoms with Crippen molar-refractivity contribution in [3.8, 4) is 0 Å². The first-order valence-corrected chi connectivity index (χ1v) is 8.72. The molecule has 0 fully saturated rings. The van der Waals surface area contributed by atoms with E-state index in [9.17, 15) is 8.42 Å². The molecule has 0 unspecified atom stereocenters. The van der Waals surface area contributed by atoms with Crippen LogP contribution in [0.15, 0.2) is 60.7 Å². The van der Waals surface area contributed by atoms with E-state index < -0.39 is 10.0 Å². The number of hydrogen-bond acceptors (Lipinski definition) is 2. The lowest BCUT2D eigenvalue weighted by Crippen LogP contribution is -2.32. The molecule has 0 aromatic heterocycles. The van der Waals surface area contributed by atoms with Gasteiger partial charge >= 0.3 is 0 Å². The SMILES string of the molecule is CC(C)[C@@H](NS(=O)(=O)Cc1ccccc1)c1ccccc1. The maximum Gasteiger partial charge on any atom is 0.216 e. The van der Waals surface area contributed by atoms with E-state index >= 15 is 0 Å². The Labute approximate surface area is 127 Å². The average molecular weight is 303 g/mol. The van der Waals surface area contributed by atoms with Crippen LogP contribution in [0.4, 0.5) is 0 Å². The molecule has 2 rings (SSSR count). The summed E-state index contributed by atoms with van der Waals surface area (Å²) in [7, 11) is -3.38. The van der Waals surface area contributed by atoms with Gasteiger partial charge in [0.15, 0.2) is 0 Å². The lowest BCUT2D eigenvalue weighted by atomic mass is 9.97. The van der Waals surface area contributed by atoms with Crippen LogP contribution in [-0.2, 0) is 15.8 Å². The van der Waals surface area contributed by atoms with E-state index in [1.54, 1.807) is 0 Å². The second-order valence-corrected chi connectivity index (χ2v) is 7.25. The molecule has 21 heavy (non-hydrogen) atoms. The third-order valence-electron chi connectivity index (χ3n) is 3.33. The minimum Gasteiger partial charge on any atom is -0.212 e. The summed E-state index contributed by atoms with van der Waals surface area (Å²) >= 11 is 0. The highest BCUT2D eigenvalue weighted by atomic mass is 32.2. The van der Waals surface area contributed by atoms with Crippen LogP contribution in [0.3, 0.4) is 0 Å². The van der Waals surface area contributed by atoms with Gasteiger partial charge < -0.3 is 0 Å². The van der Waals surface area contributed by atoms with Gasteiger partial charge in [0.2, 0.25) is 10.0 Å². The molecule has 112 valence electrons. The van der Waals surface area contributed by atoms with Crippen LogP contribution >= 0.6 is 0 Å². The highest BCUT2D eigenvalue weighted by Gasteiger charge is 2.22. The van der Waals surface area contributed by atoms with Crippen molar-refractivity contribution in [1.29, 1.82) is 0 Å². The molecule has 0 aliphatic heterocycles. The molecular formula is C17H21NO2S. The number of sulfonamides is 1. The Morgan fingerprint density at radius 3 is 1.95 bits per heavy atom. The molecule has 0 radical (unpaired) electrons. The van der Waals surface area contributed by atoms with Gasteiger partial charge in [-0.1, -0.05) is 74.5 Å². The Hall–Kier alpha value is -1.65. The lowest BCUT2D eigenvalue weighted by molar-refractivity contribution is 0.462. The molecule has 1 atom stereocenters. The average Bonchev–Trinajstić information content (AvgIpc) is 2.46. The van der Waals surface area contributed by atoms with Crippen LogP contribution in [0.1, 0.15) is 31.0 Å². The number of hydrogen-bond donors (Lipinski definition) is 1. The number of nitrogens with one attached hydrogen (secondary N) is 1. The minimum atomic E-state index is -3.38. The van der Waals surface area contributed by atoms with Gasteiger partial charge in [-0.3, -0.25) is 0 Å². The maximum absolute atomic E-state index is 12.4. The van der Waals surface area contributed by atoms with Crippen molar-refractivity contribution in [3.05, 3.63) is 71.8 Å². The number of benzene rings is 2. The van der Waals surface area contributed by atoms with Crippen molar-refractivity contribution in [1.82, 2.24) is 4.72 Å². The normalized spacial score (nSPS) is 13.3. The first kappa shape index (κ1) is 15.7. The molecule has 0 amide bonds. The molecule has 0 bridgehead atoms. The van der Waals surface area contributed by atoms with Gasteiger partial charge in [0.05, 0.1) is 5.75 Å². The number of rotatable bonds is 6. The Balaban J connectivity index is 2.17. The second kappa shape index (κ2) is 6.87. The van der Waals surface area contributed by atoms with Crippen molar-refractivity contribution < 1.29 is 8.42 Å². The van der Waals surface area contributed by atoms with Crippen molar-refractivity contribution in [2.24, 2.45) is 5.92 Å². The van der Waals surface area contributed by atoms with Crippen LogP contribution in [0.25, 0.3) is 0 Å². The largest absolute Gasteiger partial charge is 0.216 e. The zero-order valence-electron chi connectivity index (χ0n) is 12.4. The molecule has 3 nitrogen and oxygen atoms in total. The molecule has 0 aliphatic rings. The summed E-state index contributed by atoms with van der Waals surface area (Å²) in [5, 5.41) is 0. The molecular weight excluding hydrogens is 282 g/mol. The highest BCUT2D eigenvalue weighted by Crippen LogP contribution is 2.23. The van der Waals surface area contributed by atoms with Crippen LogP contribution in [0.2, 0.25) is 0 Å². The van der Waals surface area contributed by atoms with E-state index in [0.29, 0.717) is 0 Å². The molecule has 2 aromatic carbocycles. The van der Waals surface area contributed by atoms with Crippen LogP contribution in [0, 0.1) is 5.92 Å². The van der Waals surface area contributed by atoms with E-state index in [4.69, 9.17) is 0 Å². The lowest BCUT2D eigenvalue weighted by Gasteiger charge is -2.22. The van der Waals surface area contributed by atoms with E-state index in [1.165, 1.54) is 0 Å². The quantitative estimate of drug-likeness (QED) is 0.887. The fourth-order valence-corrected chi connectivity index (χ4v) is 3.79. The predicted molar refractivity (Wildman–Crippen MR) is 86.2 cm³/mol. The van der Waals surface area contributed by atoms with Crippen LogP contribution < -0.4 is 4.72 Å². The zero-order chi connectivity index (χ0) is 15.3. The van der Waals surface area contributed by atoms with Gasteiger partial charge in [-0.2, -0.15) is 0 Å². The highest BCUT2D eigenvalue weighted by molar-refractivity contribution is 7.88. The standard InChI is InChI=1S/C17H21NO2S/c1-14(2)17(16-11-7-4-8-12-16)18-21(19,20)13-15-9-5-3-6-10-15/h3-12,14,17-18H,13H2,1-2H3/t17-/m1/s1. The van der Waals surface area contributed by atoms with Crippen molar-refractivity contribution >= 4 is 10.0 Å². The Morgan fingerprint density at radius 1 is 0.905 bits per heavy atom. The third-order valence-corrected chi connectivity index (χ3v) is 4.66. The molecule has 2 aromatic rings. The second-order valence-electron chi connectivity index (χ2n) is 5.49. The Morgan fingerprint density at radius 2 is 1.43 bits per heavy atom. The first-order valence-electron chi connectivity index (χ1n) is 7.07. The van der Waals surface area contributed by atoms with Crippen LogP contribution in [0.5, 0.6) is 0 Å². The summed E-state index contributed by atoms with van der Waals surface area (Å²) in [6.45, 7) is 4.03. The van der Waals surface area contributed by atoms with Crippen molar-refractivity contribution in [2.45, 2.75) is 25.6 Å². The fraction of sp³-hybridized carbons (Fsp3) is 0.294. The fourth-order valence-electron chi connectivity index (χ4n) is 2.28. The first-order chi connectivity index (χ1) is 9.98. The van der Waals surface area contributed by atoms with Crippen molar-refractivity contribution in [3.63, 3.8) is 0 Å². The van der Waals surface area contributed by atoms with Gasteiger partial charge in [0, 0.05) is 6.04 Å². The maximum atomic E-state index is 12.4. The predicted octanol–water partition coefficient (Wildman–Crippen LogP) is 3.50. The summed E-state index contributed by atoms with van der Waals surface area (Å²) in [4.78, 5) is 0. The summed E-state index contributed by atoms with van der Waals surface area (Å²) < 4.78 is 27.6. The minimum absolute atomic E-state index is 0.00386. The van der Waals surface area contributed by atoms with E-state index in [1.807, 2.05) is 74.5 Å². The van der Waals surface area contributed by atoms with Gasteiger partial charge in [0.1, 0.15) is 0 Å². The summed E-state index contributed by atoms with van der Waals surface area (Å²) in [5.74, 6) is 0.183. The summed E-state index contributed by atoms with van der Waals surface area (Å²) in [6, 6.07) is 18.7. The monoisotopic (exact) mass is 303 g/mol.